The average Bonchev–Trinajstić information content (AvgIpc) is 2.57. The van der Waals surface area contributed by atoms with Crippen molar-refractivity contribution in [2.45, 2.75) is 57.2 Å². The van der Waals surface area contributed by atoms with E-state index in [1.165, 1.54) is 25.7 Å². The summed E-state index contributed by atoms with van der Waals surface area (Å²) in [6, 6.07) is 2.12. The molecule has 2 saturated heterocycles. The van der Waals surface area contributed by atoms with Crippen molar-refractivity contribution in [2.75, 3.05) is 27.2 Å². The van der Waals surface area contributed by atoms with Gasteiger partial charge in [0.25, 0.3) is 0 Å². The molecule has 4 heteroatoms. The van der Waals surface area contributed by atoms with Gasteiger partial charge < -0.3 is 10.2 Å². The summed E-state index contributed by atoms with van der Waals surface area (Å²) in [5.74, 6) is 0.253. The van der Waals surface area contributed by atoms with Crippen molar-refractivity contribution < 1.29 is 4.79 Å². The van der Waals surface area contributed by atoms with Crippen molar-refractivity contribution in [3.63, 3.8) is 0 Å². The van der Waals surface area contributed by atoms with Gasteiger partial charge in [-0.25, -0.2) is 0 Å². The fraction of sp³-hybridized carbons (Fsp3) is 0.929. The second-order valence-electron chi connectivity index (χ2n) is 5.89. The van der Waals surface area contributed by atoms with Crippen LogP contribution >= 0.6 is 0 Å². The first-order chi connectivity index (χ1) is 8.61. The summed E-state index contributed by atoms with van der Waals surface area (Å²) in [6.07, 6.45) is 5.85. The van der Waals surface area contributed by atoms with Crippen LogP contribution < -0.4 is 5.32 Å². The van der Waals surface area contributed by atoms with E-state index in [0.29, 0.717) is 24.5 Å². The van der Waals surface area contributed by atoms with Crippen LogP contribution in [0.5, 0.6) is 0 Å². The summed E-state index contributed by atoms with van der Waals surface area (Å²) in [5.41, 5.74) is 0. The minimum absolute atomic E-state index is 0.253. The zero-order chi connectivity index (χ0) is 13.1. The third kappa shape index (κ3) is 3.04. The summed E-state index contributed by atoms with van der Waals surface area (Å²) in [6.45, 7) is 4.21. The Balaban J connectivity index is 1.83. The van der Waals surface area contributed by atoms with E-state index in [-0.39, 0.29) is 5.91 Å². The molecule has 0 aromatic rings. The van der Waals surface area contributed by atoms with Crippen molar-refractivity contribution in [3.05, 3.63) is 0 Å². The van der Waals surface area contributed by atoms with Crippen LogP contribution in [0.4, 0.5) is 0 Å². The standard InChI is InChI=1S/C14H27N3O/c1-4-15-11-9-12-5-6-13(10-11)17(12)8-7-14(18)16(2)3/h11-13,15H,4-10H2,1-3H3. The molecule has 2 unspecified atom stereocenters. The van der Waals surface area contributed by atoms with E-state index in [1.54, 1.807) is 4.90 Å². The Morgan fingerprint density at radius 2 is 1.89 bits per heavy atom. The van der Waals surface area contributed by atoms with Gasteiger partial charge in [0.15, 0.2) is 0 Å². The number of carbonyl (C=O) groups excluding carboxylic acids is 1. The van der Waals surface area contributed by atoms with Crippen molar-refractivity contribution in [3.8, 4) is 0 Å². The lowest BCUT2D eigenvalue weighted by atomic mass is 9.97. The molecular formula is C14H27N3O. The number of piperidine rings is 1. The molecule has 18 heavy (non-hydrogen) atoms. The Morgan fingerprint density at radius 1 is 1.28 bits per heavy atom. The highest BCUT2D eigenvalue weighted by molar-refractivity contribution is 5.75. The average molecular weight is 253 g/mol. The van der Waals surface area contributed by atoms with Gasteiger partial charge in [0.2, 0.25) is 5.91 Å². The summed E-state index contributed by atoms with van der Waals surface area (Å²) < 4.78 is 0. The van der Waals surface area contributed by atoms with E-state index in [4.69, 9.17) is 0 Å². The molecule has 1 amide bonds. The number of fused-ring (bicyclic) bond motifs is 2. The molecule has 1 N–H and O–H groups in total. The maximum atomic E-state index is 11.7. The summed E-state index contributed by atoms with van der Waals surface area (Å²) in [5, 5.41) is 3.59. The van der Waals surface area contributed by atoms with Gasteiger partial charge in [-0.15, -0.1) is 0 Å². The molecule has 104 valence electrons. The monoisotopic (exact) mass is 253 g/mol. The van der Waals surface area contributed by atoms with E-state index in [1.807, 2.05) is 14.1 Å². The molecule has 0 aromatic carbocycles. The van der Waals surface area contributed by atoms with Gasteiger partial charge >= 0.3 is 0 Å². The Bertz CT molecular complexity index is 279. The van der Waals surface area contributed by atoms with Gasteiger partial charge in [0.05, 0.1) is 0 Å². The molecule has 4 nitrogen and oxygen atoms in total. The number of carbonyl (C=O) groups is 1. The highest BCUT2D eigenvalue weighted by atomic mass is 16.2. The molecule has 0 aliphatic carbocycles. The summed E-state index contributed by atoms with van der Waals surface area (Å²) in [7, 11) is 3.68. The van der Waals surface area contributed by atoms with Crippen LogP contribution in [-0.2, 0) is 4.79 Å². The van der Waals surface area contributed by atoms with Gasteiger partial charge in [-0.3, -0.25) is 9.69 Å². The second-order valence-corrected chi connectivity index (χ2v) is 5.89. The minimum atomic E-state index is 0.253. The molecule has 2 aliphatic heterocycles. The van der Waals surface area contributed by atoms with Crippen LogP contribution in [0.15, 0.2) is 0 Å². The van der Waals surface area contributed by atoms with E-state index in [2.05, 4.69) is 17.1 Å². The van der Waals surface area contributed by atoms with Crippen LogP contribution in [0.2, 0.25) is 0 Å². The zero-order valence-electron chi connectivity index (χ0n) is 12.0. The molecule has 2 fully saturated rings. The van der Waals surface area contributed by atoms with Gasteiger partial charge in [0, 0.05) is 45.2 Å². The highest BCUT2D eigenvalue weighted by Crippen LogP contribution is 2.35. The smallest absolute Gasteiger partial charge is 0.223 e. The zero-order valence-corrected chi connectivity index (χ0v) is 12.0. The van der Waals surface area contributed by atoms with Gasteiger partial charge in [-0.1, -0.05) is 6.92 Å². The van der Waals surface area contributed by atoms with Crippen LogP contribution in [0.1, 0.15) is 39.0 Å². The largest absolute Gasteiger partial charge is 0.349 e. The van der Waals surface area contributed by atoms with E-state index < -0.39 is 0 Å². The van der Waals surface area contributed by atoms with Crippen LogP contribution in [0.3, 0.4) is 0 Å². The molecule has 2 aliphatic rings. The first kappa shape index (κ1) is 13.8. The summed E-state index contributed by atoms with van der Waals surface area (Å²) >= 11 is 0. The molecule has 2 heterocycles. The summed E-state index contributed by atoms with van der Waals surface area (Å²) in [4.78, 5) is 16.0. The maximum absolute atomic E-state index is 11.7. The SMILES string of the molecule is CCNC1CC2CCC(C1)N2CCC(=O)N(C)C. The fourth-order valence-electron chi connectivity index (χ4n) is 3.54. The van der Waals surface area contributed by atoms with Gasteiger partial charge in [-0.2, -0.15) is 0 Å². The molecule has 0 saturated carbocycles. The van der Waals surface area contributed by atoms with Gasteiger partial charge in [0.1, 0.15) is 0 Å². The fourth-order valence-corrected chi connectivity index (χ4v) is 3.54. The first-order valence-corrected chi connectivity index (χ1v) is 7.31. The highest BCUT2D eigenvalue weighted by Gasteiger charge is 2.40. The van der Waals surface area contributed by atoms with Crippen LogP contribution in [-0.4, -0.2) is 61.0 Å². The third-order valence-corrected chi connectivity index (χ3v) is 4.46. The number of nitrogens with one attached hydrogen (secondary N) is 1. The minimum Gasteiger partial charge on any atom is -0.349 e. The molecule has 0 spiro atoms. The quantitative estimate of drug-likeness (QED) is 0.796. The Morgan fingerprint density at radius 3 is 2.39 bits per heavy atom. The lowest BCUT2D eigenvalue weighted by Gasteiger charge is -2.39. The second kappa shape index (κ2) is 6.02. The van der Waals surface area contributed by atoms with Crippen LogP contribution in [0.25, 0.3) is 0 Å². The van der Waals surface area contributed by atoms with Gasteiger partial charge in [-0.05, 0) is 32.2 Å². The number of rotatable bonds is 5. The van der Waals surface area contributed by atoms with Crippen molar-refractivity contribution in [1.82, 2.24) is 15.1 Å². The number of hydrogen-bond acceptors (Lipinski definition) is 3. The predicted molar refractivity (Wildman–Crippen MR) is 73.5 cm³/mol. The molecule has 2 rings (SSSR count). The number of amides is 1. The molecule has 2 bridgehead atoms. The van der Waals surface area contributed by atoms with Crippen molar-refractivity contribution in [2.24, 2.45) is 0 Å². The van der Waals surface area contributed by atoms with E-state index in [0.717, 1.165) is 13.1 Å². The predicted octanol–water partition coefficient (Wildman–Crippen LogP) is 1.07. The maximum Gasteiger partial charge on any atom is 0.223 e. The normalized spacial score (nSPS) is 31.6. The topological polar surface area (TPSA) is 35.6 Å². The third-order valence-electron chi connectivity index (χ3n) is 4.46. The molecule has 0 radical (unpaired) electrons. The Hall–Kier alpha value is -0.610. The van der Waals surface area contributed by atoms with Crippen molar-refractivity contribution >= 4 is 5.91 Å². The van der Waals surface area contributed by atoms with Crippen LogP contribution in [0, 0.1) is 0 Å². The number of nitrogens with zero attached hydrogens (tertiary/aromatic N) is 2. The molecular weight excluding hydrogens is 226 g/mol. The lowest BCUT2D eigenvalue weighted by molar-refractivity contribution is -0.129. The first-order valence-electron chi connectivity index (χ1n) is 7.31. The van der Waals surface area contributed by atoms with Crippen molar-refractivity contribution in [1.29, 1.82) is 0 Å². The van der Waals surface area contributed by atoms with E-state index in [9.17, 15) is 4.79 Å². The Kier molecular flexibility index (Phi) is 4.62. The van der Waals surface area contributed by atoms with E-state index >= 15 is 0 Å². The number of hydrogen-bond donors (Lipinski definition) is 1. The lowest BCUT2D eigenvalue weighted by Crippen LogP contribution is -2.49. The Labute approximate surface area is 111 Å². The molecule has 0 aromatic heterocycles. The molecule has 2 atom stereocenters.